The van der Waals surface area contributed by atoms with Crippen molar-refractivity contribution in [2.45, 2.75) is 20.3 Å². The number of carboxylic acid groups (broad SMARTS) is 1. The maximum atomic E-state index is 11.9. The van der Waals surface area contributed by atoms with Gasteiger partial charge >= 0.3 is 5.97 Å². The van der Waals surface area contributed by atoms with Gasteiger partial charge in [-0.05, 0) is 24.5 Å². The van der Waals surface area contributed by atoms with E-state index in [1.807, 2.05) is 13.8 Å². The van der Waals surface area contributed by atoms with E-state index in [1.54, 1.807) is 19.3 Å². The number of rotatable bonds is 6. The van der Waals surface area contributed by atoms with Crippen LogP contribution < -0.4 is 10.9 Å². The van der Waals surface area contributed by atoms with Crippen LogP contribution in [0.1, 0.15) is 30.6 Å². The average Bonchev–Trinajstić information content (AvgIpc) is 2.36. The summed E-state index contributed by atoms with van der Waals surface area (Å²) < 4.78 is 1.30. The Morgan fingerprint density at radius 3 is 2.60 bits per heavy atom. The molecule has 110 valence electrons. The molecule has 20 heavy (non-hydrogen) atoms. The standard InChI is InChI=1S/C14H20N2O4/c1-9(2)7-10(14(19)20)8-15-12(17)11-5-4-6-16(3)13(11)18/h4-6,9-10H,7-8H2,1-3H3,(H,15,17)(H,19,20). The highest BCUT2D eigenvalue weighted by atomic mass is 16.4. The van der Waals surface area contributed by atoms with Gasteiger partial charge in [-0.15, -0.1) is 0 Å². The predicted molar refractivity (Wildman–Crippen MR) is 74.6 cm³/mol. The molecule has 0 saturated heterocycles. The zero-order valence-electron chi connectivity index (χ0n) is 11.9. The molecule has 0 fully saturated rings. The topological polar surface area (TPSA) is 88.4 Å². The van der Waals surface area contributed by atoms with Crippen LogP contribution in [-0.4, -0.2) is 28.1 Å². The van der Waals surface area contributed by atoms with Gasteiger partial charge in [0.1, 0.15) is 5.56 Å². The number of aliphatic carboxylic acids is 1. The minimum Gasteiger partial charge on any atom is -0.481 e. The second kappa shape index (κ2) is 6.88. The van der Waals surface area contributed by atoms with Crippen LogP contribution in [0.2, 0.25) is 0 Å². The molecule has 0 aromatic carbocycles. The van der Waals surface area contributed by atoms with Gasteiger partial charge in [0.2, 0.25) is 0 Å². The third-order valence-electron chi connectivity index (χ3n) is 2.98. The van der Waals surface area contributed by atoms with E-state index in [1.165, 1.54) is 10.6 Å². The fourth-order valence-electron chi connectivity index (χ4n) is 1.92. The molecule has 1 unspecified atom stereocenters. The second-order valence-electron chi connectivity index (χ2n) is 5.21. The van der Waals surface area contributed by atoms with E-state index in [4.69, 9.17) is 5.11 Å². The molecule has 0 bridgehead atoms. The Labute approximate surface area is 117 Å². The maximum absolute atomic E-state index is 11.9. The van der Waals surface area contributed by atoms with Crippen molar-refractivity contribution in [3.63, 3.8) is 0 Å². The van der Waals surface area contributed by atoms with Crippen LogP contribution in [0.4, 0.5) is 0 Å². The number of hydrogen-bond acceptors (Lipinski definition) is 3. The molecule has 2 N–H and O–H groups in total. The van der Waals surface area contributed by atoms with Gasteiger partial charge in [0, 0.05) is 19.8 Å². The van der Waals surface area contributed by atoms with Crippen LogP contribution in [0.15, 0.2) is 23.1 Å². The van der Waals surface area contributed by atoms with Crippen molar-refractivity contribution in [2.75, 3.05) is 6.54 Å². The summed E-state index contributed by atoms with van der Waals surface area (Å²) in [5.74, 6) is -1.91. The molecule has 0 radical (unpaired) electrons. The molecule has 0 spiro atoms. The number of aryl methyl sites for hydroxylation is 1. The lowest BCUT2D eigenvalue weighted by molar-refractivity contribution is -0.142. The number of aromatic nitrogens is 1. The molecule has 0 saturated carbocycles. The minimum atomic E-state index is -0.944. The molecule has 1 aromatic heterocycles. The zero-order chi connectivity index (χ0) is 15.3. The molecular weight excluding hydrogens is 260 g/mol. The van der Waals surface area contributed by atoms with Gasteiger partial charge in [-0.1, -0.05) is 13.8 Å². The van der Waals surface area contributed by atoms with Crippen LogP contribution in [0.25, 0.3) is 0 Å². The summed E-state index contributed by atoms with van der Waals surface area (Å²) in [7, 11) is 1.55. The molecule has 0 aliphatic heterocycles. The van der Waals surface area contributed by atoms with Gasteiger partial charge < -0.3 is 15.0 Å². The third kappa shape index (κ3) is 4.22. The second-order valence-corrected chi connectivity index (χ2v) is 5.21. The van der Waals surface area contributed by atoms with Crippen molar-refractivity contribution >= 4 is 11.9 Å². The molecule has 1 aromatic rings. The molecule has 1 atom stereocenters. The molecule has 1 amide bonds. The van der Waals surface area contributed by atoms with Crippen molar-refractivity contribution in [3.05, 3.63) is 34.2 Å². The molecule has 6 nitrogen and oxygen atoms in total. The van der Waals surface area contributed by atoms with Crippen LogP contribution in [0, 0.1) is 11.8 Å². The van der Waals surface area contributed by atoms with E-state index in [0.29, 0.717) is 6.42 Å². The lowest BCUT2D eigenvalue weighted by Gasteiger charge is -2.15. The highest BCUT2D eigenvalue weighted by molar-refractivity contribution is 5.94. The Morgan fingerprint density at radius 2 is 2.05 bits per heavy atom. The molecule has 6 heteroatoms. The number of carbonyl (C=O) groups is 2. The summed E-state index contributed by atoms with van der Waals surface area (Å²) in [5, 5.41) is 11.6. The Morgan fingerprint density at radius 1 is 1.40 bits per heavy atom. The van der Waals surface area contributed by atoms with Gasteiger partial charge in [0.15, 0.2) is 0 Å². The van der Waals surface area contributed by atoms with Crippen LogP contribution in [0.5, 0.6) is 0 Å². The number of carboxylic acids is 1. The molecule has 0 aliphatic rings. The predicted octanol–water partition coefficient (Wildman–Crippen LogP) is 0.862. The monoisotopic (exact) mass is 280 g/mol. The zero-order valence-corrected chi connectivity index (χ0v) is 11.9. The van der Waals surface area contributed by atoms with Gasteiger partial charge in [-0.25, -0.2) is 0 Å². The quantitative estimate of drug-likeness (QED) is 0.809. The van der Waals surface area contributed by atoms with Crippen LogP contribution >= 0.6 is 0 Å². The van der Waals surface area contributed by atoms with Gasteiger partial charge in [-0.3, -0.25) is 14.4 Å². The number of pyridine rings is 1. The SMILES string of the molecule is CC(C)CC(CNC(=O)c1cccn(C)c1=O)C(=O)O. The van der Waals surface area contributed by atoms with Gasteiger partial charge in [-0.2, -0.15) is 0 Å². The number of amides is 1. The summed E-state index contributed by atoms with van der Waals surface area (Å²) in [5.41, 5.74) is -0.385. The number of nitrogens with one attached hydrogen (secondary N) is 1. The molecular formula is C14H20N2O4. The van der Waals surface area contributed by atoms with E-state index >= 15 is 0 Å². The normalized spacial score (nSPS) is 12.2. The number of carbonyl (C=O) groups excluding carboxylic acids is 1. The summed E-state index contributed by atoms with van der Waals surface area (Å²) in [4.78, 5) is 34.8. The van der Waals surface area contributed by atoms with Crippen LogP contribution in [-0.2, 0) is 11.8 Å². The van der Waals surface area contributed by atoms with Gasteiger partial charge in [0.25, 0.3) is 11.5 Å². The smallest absolute Gasteiger partial charge is 0.308 e. The van der Waals surface area contributed by atoms with Crippen LogP contribution in [0.3, 0.4) is 0 Å². The highest BCUT2D eigenvalue weighted by Crippen LogP contribution is 2.11. The highest BCUT2D eigenvalue weighted by Gasteiger charge is 2.20. The van der Waals surface area contributed by atoms with Crippen molar-refractivity contribution in [1.82, 2.24) is 9.88 Å². The fraction of sp³-hybridized carbons (Fsp3) is 0.500. The third-order valence-corrected chi connectivity index (χ3v) is 2.98. The fourth-order valence-corrected chi connectivity index (χ4v) is 1.92. The summed E-state index contributed by atoms with van der Waals surface area (Å²) in [6, 6.07) is 3.02. The summed E-state index contributed by atoms with van der Waals surface area (Å²) in [6.45, 7) is 3.86. The molecule has 1 rings (SSSR count). The van der Waals surface area contributed by atoms with Crippen molar-refractivity contribution in [2.24, 2.45) is 18.9 Å². The lowest BCUT2D eigenvalue weighted by Crippen LogP contribution is -2.37. The summed E-state index contributed by atoms with van der Waals surface area (Å²) in [6.07, 6.45) is 2.03. The first kappa shape index (κ1) is 15.9. The van der Waals surface area contributed by atoms with E-state index in [2.05, 4.69) is 5.32 Å². The maximum Gasteiger partial charge on any atom is 0.308 e. The van der Waals surface area contributed by atoms with E-state index in [0.717, 1.165) is 0 Å². The number of hydrogen-bond donors (Lipinski definition) is 2. The van der Waals surface area contributed by atoms with Gasteiger partial charge in [0.05, 0.1) is 5.92 Å². The van der Waals surface area contributed by atoms with Crippen molar-refractivity contribution < 1.29 is 14.7 Å². The molecule has 0 aliphatic carbocycles. The number of nitrogens with zero attached hydrogens (tertiary/aromatic N) is 1. The van der Waals surface area contributed by atoms with Crippen molar-refractivity contribution in [1.29, 1.82) is 0 Å². The summed E-state index contributed by atoms with van der Waals surface area (Å²) >= 11 is 0. The first-order chi connectivity index (χ1) is 9.32. The molecule has 1 heterocycles. The van der Waals surface area contributed by atoms with Crippen molar-refractivity contribution in [3.8, 4) is 0 Å². The Bertz CT molecular complexity index is 548. The Balaban J connectivity index is 2.73. The van der Waals surface area contributed by atoms with E-state index in [9.17, 15) is 14.4 Å². The van der Waals surface area contributed by atoms with E-state index in [-0.39, 0.29) is 18.0 Å². The van der Waals surface area contributed by atoms with E-state index < -0.39 is 23.4 Å². The largest absolute Gasteiger partial charge is 0.481 e. The average molecular weight is 280 g/mol. The Kier molecular flexibility index (Phi) is 5.49. The lowest BCUT2D eigenvalue weighted by atomic mass is 9.97. The minimum absolute atomic E-state index is 0.0173. The first-order valence-electron chi connectivity index (χ1n) is 6.49. The Hall–Kier alpha value is -2.11. The first-order valence-corrected chi connectivity index (χ1v) is 6.49.